The number of carboxylic acid groups (broad SMARTS) is 1. The molecule has 2 saturated carbocycles. The maximum Gasteiger partial charge on any atom is 0.306 e. The lowest BCUT2D eigenvalue weighted by Gasteiger charge is -2.26. The smallest absolute Gasteiger partial charge is 0.306 e. The molecule has 1 aromatic carbocycles. The van der Waals surface area contributed by atoms with Gasteiger partial charge in [-0.25, -0.2) is 0 Å². The quantitative estimate of drug-likeness (QED) is 0.875. The maximum atomic E-state index is 12.4. The number of carbonyl (C=O) groups excluding carboxylic acids is 1. The predicted octanol–water partition coefficient (Wildman–Crippen LogP) is 2.56. The topological polar surface area (TPSA) is 75.6 Å². The second-order valence-electron chi connectivity index (χ2n) is 6.62. The zero-order valence-electron chi connectivity index (χ0n) is 13.3. The number of rotatable bonds is 5. The van der Waals surface area contributed by atoms with Gasteiger partial charge in [-0.15, -0.1) is 0 Å². The van der Waals surface area contributed by atoms with Crippen LogP contribution in [0, 0.1) is 11.8 Å². The minimum Gasteiger partial charge on any atom is -0.497 e. The molecule has 2 fully saturated rings. The van der Waals surface area contributed by atoms with Crippen LogP contribution in [0.1, 0.15) is 43.6 Å². The number of nitrogens with one attached hydrogen (secondary N) is 1. The molecule has 2 N–H and O–H groups in total. The van der Waals surface area contributed by atoms with E-state index in [1.807, 2.05) is 24.3 Å². The molecule has 5 heteroatoms. The first-order chi connectivity index (χ1) is 11.1. The lowest BCUT2D eigenvalue weighted by molar-refractivity contribution is -0.142. The third kappa shape index (κ3) is 3.66. The number of benzene rings is 1. The third-order valence-corrected chi connectivity index (χ3v) is 5.07. The molecule has 3 rings (SSSR count). The first-order valence-corrected chi connectivity index (χ1v) is 8.25. The fourth-order valence-electron chi connectivity index (χ4n) is 3.52. The Morgan fingerprint density at radius 2 is 1.96 bits per heavy atom. The Hall–Kier alpha value is -2.04. The Kier molecular flexibility index (Phi) is 4.55. The lowest BCUT2D eigenvalue weighted by Crippen LogP contribution is -2.39. The van der Waals surface area contributed by atoms with Crippen molar-refractivity contribution in [3.05, 3.63) is 29.8 Å². The van der Waals surface area contributed by atoms with Gasteiger partial charge in [-0.3, -0.25) is 9.59 Å². The summed E-state index contributed by atoms with van der Waals surface area (Å²) in [5.41, 5.74) is 1.15. The third-order valence-electron chi connectivity index (χ3n) is 5.07. The van der Waals surface area contributed by atoms with Crippen molar-refractivity contribution in [2.75, 3.05) is 7.11 Å². The van der Waals surface area contributed by atoms with Crippen molar-refractivity contribution >= 4 is 11.9 Å². The van der Waals surface area contributed by atoms with Crippen molar-refractivity contribution in [2.24, 2.45) is 11.8 Å². The summed E-state index contributed by atoms with van der Waals surface area (Å²) in [4.78, 5) is 23.3. The van der Waals surface area contributed by atoms with Crippen molar-refractivity contribution in [3.63, 3.8) is 0 Å². The number of amides is 1. The Morgan fingerprint density at radius 3 is 2.61 bits per heavy atom. The van der Waals surface area contributed by atoms with E-state index in [0.29, 0.717) is 12.8 Å². The Morgan fingerprint density at radius 1 is 1.22 bits per heavy atom. The molecular weight excluding hydrogens is 294 g/mol. The summed E-state index contributed by atoms with van der Waals surface area (Å²) in [6.45, 7) is 0. The number of hydrogen-bond acceptors (Lipinski definition) is 3. The second-order valence-corrected chi connectivity index (χ2v) is 6.62. The van der Waals surface area contributed by atoms with Crippen LogP contribution in [0.15, 0.2) is 24.3 Å². The largest absolute Gasteiger partial charge is 0.497 e. The standard InChI is InChI=1S/C18H23NO4/c1-23-14-4-2-3-12(9-14)15-10-16(15)17(20)19-13-7-5-11(6-8-13)18(21)22/h2-4,9,11,13,15-16H,5-8,10H2,1H3,(H,19,20)(H,21,22). The molecule has 0 aliphatic heterocycles. The summed E-state index contributed by atoms with van der Waals surface area (Å²) < 4.78 is 5.23. The van der Waals surface area contributed by atoms with Gasteiger partial charge in [0.1, 0.15) is 5.75 Å². The molecule has 0 radical (unpaired) electrons. The molecule has 2 atom stereocenters. The molecule has 2 unspecified atom stereocenters. The molecule has 1 amide bonds. The number of ether oxygens (including phenoxy) is 1. The van der Waals surface area contributed by atoms with E-state index in [1.165, 1.54) is 0 Å². The normalized spacial score (nSPS) is 29.6. The molecule has 1 aromatic rings. The number of aliphatic carboxylic acids is 1. The fraction of sp³-hybridized carbons (Fsp3) is 0.556. The zero-order valence-corrected chi connectivity index (χ0v) is 13.3. The van der Waals surface area contributed by atoms with Crippen LogP contribution in [0.2, 0.25) is 0 Å². The highest BCUT2D eigenvalue weighted by molar-refractivity contribution is 5.83. The minimum atomic E-state index is -0.713. The number of carboxylic acids is 1. The molecule has 0 aromatic heterocycles. The molecular formula is C18H23NO4. The fourth-order valence-corrected chi connectivity index (χ4v) is 3.52. The highest BCUT2D eigenvalue weighted by Gasteiger charge is 2.44. The highest BCUT2D eigenvalue weighted by atomic mass is 16.5. The molecule has 124 valence electrons. The van der Waals surface area contributed by atoms with E-state index >= 15 is 0 Å². The van der Waals surface area contributed by atoms with E-state index in [-0.39, 0.29) is 29.7 Å². The van der Waals surface area contributed by atoms with E-state index in [2.05, 4.69) is 5.32 Å². The first kappa shape index (κ1) is 15.8. The van der Waals surface area contributed by atoms with Gasteiger partial charge in [0, 0.05) is 12.0 Å². The van der Waals surface area contributed by atoms with Gasteiger partial charge in [0.15, 0.2) is 0 Å². The van der Waals surface area contributed by atoms with Crippen molar-refractivity contribution in [3.8, 4) is 5.75 Å². The Labute approximate surface area is 136 Å². The van der Waals surface area contributed by atoms with Gasteiger partial charge < -0.3 is 15.2 Å². The van der Waals surface area contributed by atoms with Crippen LogP contribution in [0.3, 0.4) is 0 Å². The van der Waals surface area contributed by atoms with E-state index in [1.54, 1.807) is 7.11 Å². The summed E-state index contributed by atoms with van der Waals surface area (Å²) in [6, 6.07) is 8.02. The molecule has 0 bridgehead atoms. The van der Waals surface area contributed by atoms with Gasteiger partial charge in [-0.1, -0.05) is 12.1 Å². The van der Waals surface area contributed by atoms with Crippen LogP contribution < -0.4 is 10.1 Å². The van der Waals surface area contributed by atoms with Crippen LogP contribution in [0.4, 0.5) is 0 Å². The maximum absolute atomic E-state index is 12.4. The first-order valence-electron chi connectivity index (χ1n) is 8.25. The monoisotopic (exact) mass is 317 g/mol. The number of carbonyl (C=O) groups is 2. The van der Waals surface area contributed by atoms with Gasteiger partial charge in [-0.2, -0.15) is 0 Å². The SMILES string of the molecule is COc1cccc(C2CC2C(=O)NC2CCC(C(=O)O)CC2)c1. The minimum absolute atomic E-state index is 0.0410. The average Bonchev–Trinajstić information content (AvgIpc) is 3.36. The van der Waals surface area contributed by atoms with Gasteiger partial charge in [0.2, 0.25) is 5.91 Å². The summed E-state index contributed by atoms with van der Waals surface area (Å²) in [6.07, 6.45) is 3.72. The lowest BCUT2D eigenvalue weighted by atomic mass is 9.86. The van der Waals surface area contributed by atoms with E-state index in [9.17, 15) is 9.59 Å². The van der Waals surface area contributed by atoms with Crippen molar-refractivity contribution in [2.45, 2.75) is 44.1 Å². The molecule has 2 aliphatic carbocycles. The molecule has 0 spiro atoms. The van der Waals surface area contributed by atoms with Crippen LogP contribution >= 0.6 is 0 Å². The average molecular weight is 317 g/mol. The number of methoxy groups -OCH3 is 1. The van der Waals surface area contributed by atoms with Crippen LogP contribution in [0.5, 0.6) is 5.75 Å². The van der Waals surface area contributed by atoms with Crippen molar-refractivity contribution < 1.29 is 19.4 Å². The zero-order chi connectivity index (χ0) is 16.4. The van der Waals surface area contributed by atoms with Crippen LogP contribution in [-0.2, 0) is 9.59 Å². The summed E-state index contributed by atoms with van der Waals surface area (Å²) in [5.74, 6) is 0.292. The van der Waals surface area contributed by atoms with E-state index in [4.69, 9.17) is 9.84 Å². The number of hydrogen-bond donors (Lipinski definition) is 2. The molecule has 23 heavy (non-hydrogen) atoms. The molecule has 0 saturated heterocycles. The summed E-state index contributed by atoms with van der Waals surface area (Å²) >= 11 is 0. The molecule has 2 aliphatic rings. The molecule has 5 nitrogen and oxygen atoms in total. The van der Waals surface area contributed by atoms with Gasteiger partial charge in [0.25, 0.3) is 0 Å². The van der Waals surface area contributed by atoms with E-state index < -0.39 is 5.97 Å². The van der Waals surface area contributed by atoms with Gasteiger partial charge in [0.05, 0.1) is 13.0 Å². The Balaban J connectivity index is 1.50. The van der Waals surface area contributed by atoms with Gasteiger partial charge >= 0.3 is 5.97 Å². The van der Waals surface area contributed by atoms with Crippen molar-refractivity contribution in [1.82, 2.24) is 5.32 Å². The van der Waals surface area contributed by atoms with Gasteiger partial charge in [-0.05, 0) is 55.7 Å². The Bertz CT molecular complexity index is 592. The van der Waals surface area contributed by atoms with E-state index in [0.717, 1.165) is 30.6 Å². The second kappa shape index (κ2) is 6.60. The summed E-state index contributed by atoms with van der Waals surface area (Å²) in [5, 5.41) is 12.1. The molecule has 0 heterocycles. The predicted molar refractivity (Wildman–Crippen MR) is 85.4 cm³/mol. The van der Waals surface area contributed by atoms with Crippen LogP contribution in [0.25, 0.3) is 0 Å². The van der Waals surface area contributed by atoms with Crippen LogP contribution in [-0.4, -0.2) is 30.1 Å². The highest BCUT2D eigenvalue weighted by Crippen LogP contribution is 2.48. The summed E-state index contributed by atoms with van der Waals surface area (Å²) in [7, 11) is 1.64. The van der Waals surface area contributed by atoms with Crippen molar-refractivity contribution in [1.29, 1.82) is 0 Å².